The molecule has 0 atom stereocenters. The molecular weight excluding hydrogens is 1080 g/mol. The molecule has 0 amide bonds. The summed E-state index contributed by atoms with van der Waals surface area (Å²) < 4.78 is 2.30. The number of nitrogens with zero attached hydrogens (tertiary/aromatic N) is 3. The molecule has 0 unspecified atom stereocenters. The van der Waals surface area contributed by atoms with Gasteiger partial charge in [0.25, 0.3) is 0 Å². The molecule has 10 aromatic rings. The smallest absolute Gasteiger partial charge is 0.148 e. The molecule has 1 N–H and O–H groups in total. The van der Waals surface area contributed by atoms with Gasteiger partial charge >= 0.3 is 0 Å². The normalized spacial score (nSPS) is 12.3. The molecular formula is C69H68N3OPt-. The molecule has 10 rings (SSSR count). The Bertz CT molecular complexity index is 3710. The second-order valence-corrected chi connectivity index (χ2v) is 24.2. The Kier molecular flexibility index (Phi) is 13.7. The minimum absolute atomic E-state index is 0. The van der Waals surface area contributed by atoms with E-state index in [1.165, 1.54) is 33.0 Å². The van der Waals surface area contributed by atoms with Gasteiger partial charge in [-0.25, -0.2) is 4.98 Å². The van der Waals surface area contributed by atoms with Crippen LogP contribution in [0.15, 0.2) is 170 Å². The van der Waals surface area contributed by atoms with Crippen molar-refractivity contribution in [2.24, 2.45) is 0 Å². The van der Waals surface area contributed by atoms with Crippen LogP contribution in [0.5, 0.6) is 5.75 Å². The first-order valence-electron chi connectivity index (χ1n) is 25.8. The Morgan fingerprint density at radius 1 is 0.486 bits per heavy atom. The van der Waals surface area contributed by atoms with Crippen molar-refractivity contribution >= 4 is 21.8 Å². The monoisotopic (exact) mass is 1150 g/mol. The van der Waals surface area contributed by atoms with Gasteiger partial charge in [0.05, 0.1) is 16.6 Å². The molecule has 0 spiro atoms. The van der Waals surface area contributed by atoms with Gasteiger partial charge in [0, 0.05) is 38.6 Å². The molecule has 74 heavy (non-hydrogen) atoms. The number of pyridine rings is 1. The number of benzene rings is 8. The van der Waals surface area contributed by atoms with Crippen LogP contribution in [0.1, 0.15) is 111 Å². The zero-order valence-corrected chi connectivity index (χ0v) is 47.5. The number of aryl methyl sites for hydroxylation is 1. The Morgan fingerprint density at radius 2 is 1.14 bits per heavy atom. The standard InChI is InChI=1S/C69H68N3O.Pt/c1-43-32-33-70-60(34-43)47-23-19-22-45(35-47)58-37-49(55-25-18-17-24-54(55)44-20-15-14-16-21-44)38-61-64(58)71-65(72(61)53-41-51(67(5,6)7)40-52(42-53)68(8,9)10)57-29-26-48(39-62(57)73)63-56-30-28-50(66(2,3)4)36-46(56)27-31-59(63)69(11,12)13;/h14-34,36-42,73H,1-13H3;/q-1;. The van der Waals surface area contributed by atoms with Crippen LogP contribution in [-0.4, -0.2) is 19.6 Å². The Balaban J connectivity index is 0.00000672. The van der Waals surface area contributed by atoms with Gasteiger partial charge in [-0.05, 0) is 131 Å². The number of imidazole rings is 1. The fourth-order valence-electron chi connectivity index (χ4n) is 10.3. The molecule has 0 saturated carbocycles. The predicted molar refractivity (Wildman–Crippen MR) is 309 cm³/mol. The average molecular weight is 1150 g/mol. The molecule has 0 bridgehead atoms. The summed E-state index contributed by atoms with van der Waals surface area (Å²) in [5.41, 5.74) is 19.1. The van der Waals surface area contributed by atoms with Gasteiger partial charge in [-0.15, -0.1) is 29.8 Å². The third kappa shape index (κ3) is 10.1. The molecule has 5 heteroatoms. The Labute approximate surface area is 453 Å². The van der Waals surface area contributed by atoms with Crippen LogP contribution in [0, 0.1) is 13.0 Å². The van der Waals surface area contributed by atoms with Crippen molar-refractivity contribution in [1.82, 2.24) is 14.5 Å². The van der Waals surface area contributed by atoms with Crippen LogP contribution in [0.4, 0.5) is 0 Å². The number of aromatic nitrogens is 3. The first-order valence-corrected chi connectivity index (χ1v) is 25.8. The summed E-state index contributed by atoms with van der Waals surface area (Å²) in [6, 6.07) is 62.7. The molecule has 0 aliphatic carbocycles. The second-order valence-electron chi connectivity index (χ2n) is 24.2. The van der Waals surface area contributed by atoms with E-state index in [0.29, 0.717) is 11.4 Å². The van der Waals surface area contributed by atoms with Crippen LogP contribution < -0.4 is 0 Å². The molecule has 0 saturated heterocycles. The second kappa shape index (κ2) is 19.4. The van der Waals surface area contributed by atoms with Crippen molar-refractivity contribution in [2.75, 3.05) is 0 Å². The van der Waals surface area contributed by atoms with Gasteiger partial charge in [-0.3, -0.25) is 9.55 Å². The zero-order valence-electron chi connectivity index (χ0n) is 45.3. The Hall–Kier alpha value is -6.87. The van der Waals surface area contributed by atoms with Crippen LogP contribution in [0.25, 0.3) is 94.6 Å². The number of fused-ring (bicyclic) bond motifs is 2. The topological polar surface area (TPSA) is 50.9 Å². The van der Waals surface area contributed by atoms with E-state index < -0.39 is 0 Å². The predicted octanol–water partition coefficient (Wildman–Crippen LogP) is 18.6. The summed E-state index contributed by atoms with van der Waals surface area (Å²) in [5.74, 6) is 0.815. The largest absolute Gasteiger partial charge is 0.507 e. The van der Waals surface area contributed by atoms with Gasteiger partial charge in [0.15, 0.2) is 0 Å². The van der Waals surface area contributed by atoms with Crippen LogP contribution >= 0.6 is 0 Å². The molecule has 8 aromatic carbocycles. The van der Waals surface area contributed by atoms with Crippen LogP contribution in [-0.2, 0) is 42.7 Å². The van der Waals surface area contributed by atoms with Crippen LogP contribution in [0.3, 0.4) is 0 Å². The van der Waals surface area contributed by atoms with Crippen molar-refractivity contribution in [3.8, 4) is 78.6 Å². The van der Waals surface area contributed by atoms with E-state index in [1.54, 1.807) is 0 Å². The third-order valence-corrected chi connectivity index (χ3v) is 14.5. The van der Waals surface area contributed by atoms with E-state index in [4.69, 9.17) is 9.97 Å². The number of phenols is 1. The molecule has 4 nitrogen and oxygen atoms in total. The van der Waals surface area contributed by atoms with E-state index in [0.717, 1.165) is 78.0 Å². The quantitative estimate of drug-likeness (QED) is 0.162. The Morgan fingerprint density at radius 3 is 1.77 bits per heavy atom. The van der Waals surface area contributed by atoms with Gasteiger partial charge < -0.3 is 5.11 Å². The van der Waals surface area contributed by atoms with E-state index in [9.17, 15) is 5.11 Å². The van der Waals surface area contributed by atoms with Crippen molar-refractivity contribution in [2.45, 2.75) is 112 Å². The maximum Gasteiger partial charge on any atom is 0.148 e. The van der Waals surface area contributed by atoms with E-state index >= 15 is 0 Å². The number of aromatic hydroxyl groups is 1. The molecule has 2 aromatic heterocycles. The molecule has 376 valence electrons. The zero-order chi connectivity index (χ0) is 51.8. The SMILES string of the molecule is Cc1ccnc(-c2[c-]c(-c3cc(-c4ccccc4-c4ccccc4)cc4c3nc(-c3ccc(-c5c(C(C)(C)C)ccc6cc(C(C)(C)C)ccc56)cc3O)n4-c3cc(C(C)(C)C)cc(C(C)(C)C)c3)ccc2)c1.[Pt]. The van der Waals surface area contributed by atoms with E-state index in [1.807, 2.05) is 18.3 Å². The number of rotatable bonds is 7. The maximum absolute atomic E-state index is 12.8. The molecule has 0 radical (unpaired) electrons. The van der Waals surface area contributed by atoms with Crippen molar-refractivity contribution in [3.63, 3.8) is 0 Å². The summed E-state index contributed by atoms with van der Waals surface area (Å²) in [7, 11) is 0. The molecule has 0 aliphatic heterocycles. The van der Waals surface area contributed by atoms with Gasteiger partial charge in [0.1, 0.15) is 11.6 Å². The average Bonchev–Trinajstić information content (AvgIpc) is 3.74. The summed E-state index contributed by atoms with van der Waals surface area (Å²) in [6.45, 7) is 29.4. The van der Waals surface area contributed by atoms with Crippen LogP contribution in [0.2, 0.25) is 0 Å². The minimum atomic E-state index is -0.158. The molecule has 2 heterocycles. The summed E-state index contributed by atoms with van der Waals surface area (Å²) in [5, 5.41) is 15.1. The fourth-order valence-corrected chi connectivity index (χ4v) is 10.3. The third-order valence-electron chi connectivity index (χ3n) is 14.5. The first-order chi connectivity index (χ1) is 34.5. The van der Waals surface area contributed by atoms with Gasteiger partial charge in [0.2, 0.25) is 0 Å². The summed E-state index contributed by atoms with van der Waals surface area (Å²) in [6.07, 6.45) is 1.86. The first kappa shape index (κ1) is 52.0. The van der Waals surface area contributed by atoms with E-state index in [2.05, 4.69) is 252 Å². The summed E-state index contributed by atoms with van der Waals surface area (Å²) in [4.78, 5) is 10.5. The maximum atomic E-state index is 12.8. The number of hydrogen-bond donors (Lipinski definition) is 1. The minimum Gasteiger partial charge on any atom is -0.507 e. The van der Waals surface area contributed by atoms with Crippen molar-refractivity contribution in [1.29, 1.82) is 0 Å². The number of hydrogen-bond acceptors (Lipinski definition) is 3. The molecule has 0 aliphatic rings. The van der Waals surface area contributed by atoms with Crippen molar-refractivity contribution < 1.29 is 26.2 Å². The van der Waals surface area contributed by atoms with Gasteiger partial charge in [-0.1, -0.05) is 209 Å². The van der Waals surface area contributed by atoms with E-state index in [-0.39, 0.29) is 48.5 Å². The van der Waals surface area contributed by atoms with Gasteiger partial charge in [-0.2, -0.15) is 0 Å². The molecule has 0 fully saturated rings. The fraction of sp³-hybridized carbons (Fsp3) is 0.246. The summed E-state index contributed by atoms with van der Waals surface area (Å²) >= 11 is 0. The number of phenolic OH excluding ortho intramolecular Hbond substituents is 1. The van der Waals surface area contributed by atoms with Crippen molar-refractivity contribution in [3.05, 3.63) is 204 Å².